The lowest BCUT2D eigenvalue weighted by Gasteiger charge is -2.26. The molecule has 0 aromatic heterocycles. The average Bonchev–Trinajstić information content (AvgIpc) is 2.24. The van der Waals surface area contributed by atoms with Gasteiger partial charge in [0.2, 0.25) is 0 Å². The standard InChI is InChI=1S/C14H20N2O4/c1-8(2)10-7-11(15(17)18)13(16(19)20)9(3)12(10)14(4,5)6/h7-8H,1-6H3. The van der Waals surface area contributed by atoms with E-state index in [1.54, 1.807) is 6.92 Å². The van der Waals surface area contributed by atoms with Crippen LogP contribution in [0.15, 0.2) is 6.07 Å². The minimum atomic E-state index is -0.677. The monoisotopic (exact) mass is 280 g/mol. The van der Waals surface area contributed by atoms with Crippen LogP contribution in [0.3, 0.4) is 0 Å². The summed E-state index contributed by atoms with van der Waals surface area (Å²) in [5, 5.41) is 22.3. The molecule has 0 bridgehead atoms. The van der Waals surface area contributed by atoms with Crippen LogP contribution in [0, 0.1) is 27.2 Å². The molecule has 1 aromatic carbocycles. The Balaban J connectivity index is 3.90. The number of nitrogens with zero attached hydrogens (tertiary/aromatic N) is 2. The summed E-state index contributed by atoms with van der Waals surface area (Å²) in [6.07, 6.45) is 0. The predicted octanol–water partition coefficient (Wildman–Crippen LogP) is 4.23. The second-order valence-electron chi connectivity index (χ2n) is 6.25. The topological polar surface area (TPSA) is 86.3 Å². The molecule has 0 saturated heterocycles. The third kappa shape index (κ3) is 2.79. The quantitative estimate of drug-likeness (QED) is 0.612. The summed E-state index contributed by atoms with van der Waals surface area (Å²) in [4.78, 5) is 21.0. The average molecular weight is 280 g/mol. The van der Waals surface area contributed by atoms with Gasteiger partial charge in [-0.25, -0.2) is 0 Å². The molecule has 6 nitrogen and oxygen atoms in total. The first-order valence-electron chi connectivity index (χ1n) is 6.45. The van der Waals surface area contributed by atoms with Gasteiger partial charge in [-0.15, -0.1) is 0 Å². The van der Waals surface area contributed by atoms with Crippen molar-refractivity contribution in [1.29, 1.82) is 0 Å². The fourth-order valence-corrected chi connectivity index (χ4v) is 2.64. The Bertz CT molecular complexity index is 572. The highest BCUT2D eigenvalue weighted by atomic mass is 16.6. The minimum Gasteiger partial charge on any atom is -0.258 e. The van der Waals surface area contributed by atoms with Gasteiger partial charge in [-0.05, 0) is 29.4 Å². The van der Waals surface area contributed by atoms with Gasteiger partial charge in [0, 0.05) is 11.6 Å². The van der Waals surface area contributed by atoms with Crippen molar-refractivity contribution in [3.63, 3.8) is 0 Å². The molecular formula is C14H20N2O4. The van der Waals surface area contributed by atoms with Gasteiger partial charge in [0.25, 0.3) is 0 Å². The molecule has 1 aromatic rings. The highest BCUT2D eigenvalue weighted by Gasteiger charge is 2.35. The lowest BCUT2D eigenvalue weighted by atomic mass is 9.77. The normalized spacial score (nSPS) is 11.8. The van der Waals surface area contributed by atoms with Gasteiger partial charge in [-0.3, -0.25) is 20.2 Å². The largest absolute Gasteiger partial charge is 0.349 e. The molecule has 0 saturated carbocycles. The van der Waals surface area contributed by atoms with Gasteiger partial charge in [-0.2, -0.15) is 0 Å². The maximum absolute atomic E-state index is 11.2. The van der Waals surface area contributed by atoms with Crippen LogP contribution < -0.4 is 0 Å². The molecule has 0 aliphatic carbocycles. The van der Waals surface area contributed by atoms with E-state index in [4.69, 9.17) is 0 Å². The molecule has 0 atom stereocenters. The van der Waals surface area contributed by atoms with E-state index in [0.29, 0.717) is 5.56 Å². The summed E-state index contributed by atoms with van der Waals surface area (Å²) in [5.41, 5.74) is 0.870. The van der Waals surface area contributed by atoms with Gasteiger partial charge < -0.3 is 0 Å². The Labute approximate surface area is 118 Å². The van der Waals surface area contributed by atoms with Crippen LogP contribution in [0.25, 0.3) is 0 Å². The van der Waals surface area contributed by atoms with Gasteiger partial charge in [0.15, 0.2) is 0 Å². The Hall–Kier alpha value is -1.98. The van der Waals surface area contributed by atoms with Gasteiger partial charge in [0.05, 0.1) is 9.85 Å². The highest BCUT2D eigenvalue weighted by Crippen LogP contribution is 2.42. The highest BCUT2D eigenvalue weighted by molar-refractivity contribution is 5.64. The van der Waals surface area contributed by atoms with E-state index in [-0.39, 0.29) is 11.3 Å². The molecule has 0 radical (unpaired) electrons. The van der Waals surface area contributed by atoms with Gasteiger partial charge in [-0.1, -0.05) is 34.6 Å². The third-order valence-electron chi connectivity index (χ3n) is 3.31. The van der Waals surface area contributed by atoms with Crippen molar-refractivity contribution in [3.8, 4) is 0 Å². The predicted molar refractivity (Wildman–Crippen MR) is 77.3 cm³/mol. The summed E-state index contributed by atoms with van der Waals surface area (Å²) in [6, 6.07) is 1.36. The van der Waals surface area contributed by atoms with Crippen molar-refractivity contribution in [2.24, 2.45) is 0 Å². The van der Waals surface area contributed by atoms with E-state index < -0.39 is 21.2 Å². The molecule has 0 spiro atoms. The molecule has 0 aliphatic heterocycles. The first kappa shape index (κ1) is 16.1. The zero-order valence-electron chi connectivity index (χ0n) is 12.7. The van der Waals surface area contributed by atoms with E-state index >= 15 is 0 Å². The van der Waals surface area contributed by atoms with Gasteiger partial charge >= 0.3 is 11.4 Å². The molecule has 110 valence electrons. The second kappa shape index (κ2) is 5.19. The third-order valence-corrected chi connectivity index (χ3v) is 3.31. The van der Waals surface area contributed by atoms with E-state index in [1.807, 2.05) is 34.6 Å². The van der Waals surface area contributed by atoms with Crippen LogP contribution in [0.2, 0.25) is 0 Å². The lowest BCUT2D eigenvalue weighted by Crippen LogP contribution is -2.19. The maximum Gasteiger partial charge on any atom is 0.349 e. The molecule has 0 aliphatic rings. The molecule has 20 heavy (non-hydrogen) atoms. The molecule has 0 fully saturated rings. The zero-order chi connectivity index (χ0) is 15.8. The molecule has 1 rings (SSSR count). The van der Waals surface area contributed by atoms with Crippen LogP contribution >= 0.6 is 0 Å². The van der Waals surface area contributed by atoms with Crippen molar-refractivity contribution in [3.05, 3.63) is 43.0 Å². The summed E-state index contributed by atoms with van der Waals surface area (Å²) in [6.45, 7) is 11.3. The maximum atomic E-state index is 11.2. The number of rotatable bonds is 3. The zero-order valence-corrected chi connectivity index (χ0v) is 12.7. The summed E-state index contributed by atoms with van der Waals surface area (Å²) < 4.78 is 0. The lowest BCUT2D eigenvalue weighted by molar-refractivity contribution is -0.423. The number of nitro benzene ring substituents is 2. The first-order chi connectivity index (χ1) is 8.98. The van der Waals surface area contributed by atoms with Crippen molar-refractivity contribution in [1.82, 2.24) is 0 Å². The minimum absolute atomic E-state index is 0.0578. The first-order valence-corrected chi connectivity index (χ1v) is 6.45. The van der Waals surface area contributed by atoms with Crippen molar-refractivity contribution in [2.75, 3.05) is 0 Å². The van der Waals surface area contributed by atoms with E-state index in [9.17, 15) is 20.2 Å². The van der Waals surface area contributed by atoms with Crippen LogP contribution in [0.4, 0.5) is 11.4 Å². The van der Waals surface area contributed by atoms with Crippen LogP contribution in [-0.2, 0) is 5.41 Å². The Morgan fingerprint density at radius 1 is 1.10 bits per heavy atom. The van der Waals surface area contributed by atoms with Crippen molar-refractivity contribution in [2.45, 2.75) is 52.9 Å². The summed E-state index contributed by atoms with van der Waals surface area (Å²) in [7, 11) is 0. The molecule has 0 unspecified atom stereocenters. The molecular weight excluding hydrogens is 260 g/mol. The van der Waals surface area contributed by atoms with E-state index in [2.05, 4.69) is 0 Å². The fraction of sp³-hybridized carbons (Fsp3) is 0.571. The molecule has 0 amide bonds. The fourth-order valence-electron chi connectivity index (χ4n) is 2.64. The van der Waals surface area contributed by atoms with E-state index in [1.165, 1.54) is 6.07 Å². The van der Waals surface area contributed by atoms with Gasteiger partial charge in [0.1, 0.15) is 0 Å². The van der Waals surface area contributed by atoms with Crippen molar-refractivity contribution < 1.29 is 9.85 Å². The molecule has 6 heteroatoms. The number of benzene rings is 1. The number of hydrogen-bond acceptors (Lipinski definition) is 4. The molecule has 0 N–H and O–H groups in total. The summed E-state index contributed by atoms with van der Waals surface area (Å²) in [5.74, 6) is 0.0578. The van der Waals surface area contributed by atoms with E-state index in [0.717, 1.165) is 11.1 Å². The van der Waals surface area contributed by atoms with Crippen molar-refractivity contribution >= 4 is 11.4 Å². The number of nitro groups is 2. The SMILES string of the molecule is Cc1c([N+](=O)[O-])c([N+](=O)[O-])cc(C(C)C)c1C(C)(C)C. The summed E-state index contributed by atoms with van der Waals surface area (Å²) >= 11 is 0. The molecule has 0 heterocycles. The number of hydrogen-bond donors (Lipinski definition) is 0. The second-order valence-corrected chi connectivity index (χ2v) is 6.25. The van der Waals surface area contributed by atoms with Crippen LogP contribution in [0.5, 0.6) is 0 Å². The Morgan fingerprint density at radius 3 is 1.90 bits per heavy atom. The van der Waals surface area contributed by atoms with Crippen LogP contribution in [-0.4, -0.2) is 9.85 Å². The Morgan fingerprint density at radius 2 is 1.60 bits per heavy atom. The Kier molecular flexibility index (Phi) is 4.17. The smallest absolute Gasteiger partial charge is 0.258 e. The van der Waals surface area contributed by atoms with Crippen LogP contribution in [0.1, 0.15) is 57.2 Å².